The van der Waals surface area contributed by atoms with Crippen molar-refractivity contribution >= 4 is 22.6 Å². The molecule has 0 aromatic heterocycles. The summed E-state index contributed by atoms with van der Waals surface area (Å²) >= 11 is 1.46. The summed E-state index contributed by atoms with van der Waals surface area (Å²) in [6.07, 6.45) is 0. The van der Waals surface area contributed by atoms with E-state index >= 15 is 0 Å². The summed E-state index contributed by atoms with van der Waals surface area (Å²) in [4.78, 5) is 1.87. The first-order chi connectivity index (χ1) is 9.06. The van der Waals surface area contributed by atoms with E-state index in [4.69, 9.17) is 0 Å². The quantitative estimate of drug-likeness (QED) is 0.760. The van der Waals surface area contributed by atoms with Crippen molar-refractivity contribution in [2.45, 2.75) is 23.6 Å². The monoisotopic (exact) mass is 288 g/mol. The summed E-state index contributed by atoms with van der Waals surface area (Å²) in [5.74, 6) is 0. The molecule has 0 N–H and O–H groups in total. The average molecular weight is 288 g/mol. The molecule has 0 heterocycles. The van der Waals surface area contributed by atoms with Gasteiger partial charge in [-0.15, -0.1) is 0 Å². The lowest BCUT2D eigenvalue weighted by Crippen LogP contribution is -1.92. The number of thioether (sulfide) groups is 1. The molecule has 0 fully saturated rings. The lowest BCUT2D eigenvalue weighted by molar-refractivity contribution is 0.688. The molecular formula is C16H16OS2. The van der Waals surface area contributed by atoms with Crippen LogP contribution in [-0.4, -0.2) is 4.21 Å². The Morgan fingerprint density at radius 2 is 1.42 bits per heavy atom. The van der Waals surface area contributed by atoms with E-state index in [2.05, 4.69) is 6.58 Å². The molecule has 0 spiro atoms. The first kappa shape index (κ1) is 14.1. The Morgan fingerprint density at radius 3 is 1.95 bits per heavy atom. The fourth-order valence-electron chi connectivity index (χ4n) is 1.57. The van der Waals surface area contributed by atoms with E-state index in [0.717, 1.165) is 15.4 Å². The summed E-state index contributed by atoms with van der Waals surface area (Å²) in [5.41, 5.74) is 2.38. The van der Waals surface area contributed by atoms with Gasteiger partial charge in [-0.1, -0.05) is 53.7 Å². The SMILES string of the molecule is C=C(Sc1ccc(C)cc1)[S@@](=O)c1ccc(C)cc1. The smallest absolute Gasteiger partial charge is 0.0911 e. The summed E-state index contributed by atoms with van der Waals surface area (Å²) < 4.78 is 13.0. The fraction of sp³-hybridized carbons (Fsp3) is 0.125. The Kier molecular flexibility index (Phi) is 4.61. The van der Waals surface area contributed by atoms with Gasteiger partial charge in [0.25, 0.3) is 0 Å². The molecule has 0 unspecified atom stereocenters. The third-order valence-electron chi connectivity index (χ3n) is 2.69. The minimum Gasteiger partial charge on any atom is -0.249 e. The van der Waals surface area contributed by atoms with Gasteiger partial charge in [0.2, 0.25) is 0 Å². The molecule has 0 aliphatic rings. The number of aryl methyl sites for hydroxylation is 2. The van der Waals surface area contributed by atoms with Gasteiger partial charge < -0.3 is 0 Å². The predicted molar refractivity (Wildman–Crippen MR) is 83.8 cm³/mol. The molecule has 2 aromatic rings. The van der Waals surface area contributed by atoms with E-state index in [1.165, 1.54) is 17.3 Å². The van der Waals surface area contributed by atoms with Crippen molar-refractivity contribution in [1.82, 2.24) is 0 Å². The zero-order chi connectivity index (χ0) is 13.8. The van der Waals surface area contributed by atoms with Crippen LogP contribution in [0.1, 0.15) is 11.1 Å². The normalized spacial score (nSPS) is 12.1. The van der Waals surface area contributed by atoms with Crippen molar-refractivity contribution in [3.63, 3.8) is 0 Å². The highest BCUT2D eigenvalue weighted by atomic mass is 32.2. The van der Waals surface area contributed by atoms with Gasteiger partial charge in [0, 0.05) is 9.79 Å². The average Bonchev–Trinajstić information content (AvgIpc) is 2.41. The lowest BCUT2D eigenvalue weighted by atomic mass is 10.2. The Bertz CT molecular complexity index is 598. The molecule has 0 saturated carbocycles. The zero-order valence-corrected chi connectivity index (χ0v) is 12.7. The first-order valence-corrected chi connectivity index (χ1v) is 7.95. The first-order valence-electron chi connectivity index (χ1n) is 5.98. The van der Waals surface area contributed by atoms with Crippen LogP contribution in [0.15, 0.2) is 69.1 Å². The molecule has 0 amide bonds. The Labute approximate surface area is 121 Å². The van der Waals surface area contributed by atoms with Crippen LogP contribution in [0.5, 0.6) is 0 Å². The Morgan fingerprint density at radius 1 is 0.947 bits per heavy atom. The second-order valence-electron chi connectivity index (χ2n) is 4.37. The van der Waals surface area contributed by atoms with Gasteiger partial charge in [0.05, 0.1) is 15.0 Å². The minimum absolute atomic E-state index is 0.660. The highest BCUT2D eigenvalue weighted by Crippen LogP contribution is 2.30. The molecule has 0 radical (unpaired) electrons. The summed E-state index contributed by atoms with van der Waals surface area (Å²) in [5, 5.41) is 0. The second-order valence-corrected chi connectivity index (χ2v) is 7.30. The Balaban J connectivity index is 2.09. The Hall–Kier alpha value is -1.32. The van der Waals surface area contributed by atoms with E-state index in [-0.39, 0.29) is 0 Å². The van der Waals surface area contributed by atoms with E-state index in [0.29, 0.717) is 4.24 Å². The second kappa shape index (κ2) is 6.22. The molecular weight excluding hydrogens is 272 g/mol. The molecule has 1 nitrogen and oxygen atoms in total. The molecule has 0 aliphatic carbocycles. The highest BCUT2D eigenvalue weighted by molar-refractivity contribution is 8.16. The van der Waals surface area contributed by atoms with Gasteiger partial charge >= 0.3 is 0 Å². The molecule has 98 valence electrons. The standard InChI is InChI=1S/C16H16OS2/c1-12-4-8-15(9-5-12)18-14(3)19(17)16-10-6-13(2)7-11-16/h4-11H,3H2,1-2H3/t19-/m1/s1. The number of rotatable bonds is 4. The van der Waals surface area contributed by atoms with E-state index < -0.39 is 10.8 Å². The molecule has 0 bridgehead atoms. The molecule has 2 aromatic carbocycles. The molecule has 2 rings (SSSR count). The van der Waals surface area contributed by atoms with Gasteiger partial charge in [0.1, 0.15) is 0 Å². The van der Waals surface area contributed by atoms with Crippen LogP contribution in [0, 0.1) is 13.8 Å². The summed E-state index contributed by atoms with van der Waals surface area (Å²) in [6, 6.07) is 15.9. The van der Waals surface area contributed by atoms with Crippen molar-refractivity contribution in [2.24, 2.45) is 0 Å². The fourth-order valence-corrected chi connectivity index (χ4v) is 3.63. The molecule has 1 atom stereocenters. The summed E-state index contributed by atoms with van der Waals surface area (Å²) in [6.45, 7) is 8.00. The van der Waals surface area contributed by atoms with E-state index in [9.17, 15) is 4.21 Å². The zero-order valence-electron chi connectivity index (χ0n) is 11.1. The summed E-state index contributed by atoms with van der Waals surface area (Å²) in [7, 11) is -1.17. The van der Waals surface area contributed by atoms with Crippen LogP contribution < -0.4 is 0 Å². The van der Waals surface area contributed by atoms with Crippen LogP contribution in [-0.2, 0) is 10.8 Å². The maximum atomic E-state index is 12.3. The number of hydrogen-bond donors (Lipinski definition) is 0. The van der Waals surface area contributed by atoms with Crippen molar-refractivity contribution in [2.75, 3.05) is 0 Å². The van der Waals surface area contributed by atoms with Gasteiger partial charge in [-0.05, 0) is 38.1 Å². The van der Waals surface area contributed by atoms with Crippen LogP contribution in [0.3, 0.4) is 0 Å². The maximum absolute atomic E-state index is 12.3. The lowest BCUT2D eigenvalue weighted by Gasteiger charge is -2.06. The number of hydrogen-bond acceptors (Lipinski definition) is 2. The highest BCUT2D eigenvalue weighted by Gasteiger charge is 2.09. The van der Waals surface area contributed by atoms with Crippen LogP contribution in [0.25, 0.3) is 0 Å². The van der Waals surface area contributed by atoms with Gasteiger partial charge in [-0.2, -0.15) is 0 Å². The molecule has 3 heteroatoms. The molecule has 0 aliphatic heterocycles. The maximum Gasteiger partial charge on any atom is 0.0911 e. The molecule has 19 heavy (non-hydrogen) atoms. The van der Waals surface area contributed by atoms with Crippen molar-refractivity contribution < 1.29 is 4.21 Å². The largest absolute Gasteiger partial charge is 0.249 e. The van der Waals surface area contributed by atoms with Crippen LogP contribution >= 0.6 is 11.8 Å². The van der Waals surface area contributed by atoms with Crippen molar-refractivity contribution in [3.05, 3.63) is 70.5 Å². The van der Waals surface area contributed by atoms with Crippen molar-refractivity contribution in [3.8, 4) is 0 Å². The van der Waals surface area contributed by atoms with E-state index in [1.54, 1.807) is 0 Å². The van der Waals surface area contributed by atoms with Gasteiger partial charge in [-0.3, -0.25) is 0 Å². The number of benzene rings is 2. The topological polar surface area (TPSA) is 17.1 Å². The predicted octanol–water partition coefficient (Wildman–Crippen LogP) is 4.67. The van der Waals surface area contributed by atoms with Gasteiger partial charge in [0.15, 0.2) is 0 Å². The van der Waals surface area contributed by atoms with E-state index in [1.807, 2.05) is 62.4 Å². The molecule has 0 saturated heterocycles. The van der Waals surface area contributed by atoms with Crippen molar-refractivity contribution in [1.29, 1.82) is 0 Å². The van der Waals surface area contributed by atoms with Gasteiger partial charge in [-0.25, -0.2) is 4.21 Å². The minimum atomic E-state index is -1.17. The third kappa shape index (κ3) is 3.82. The van der Waals surface area contributed by atoms with Crippen LogP contribution in [0.4, 0.5) is 0 Å². The van der Waals surface area contributed by atoms with Crippen LogP contribution in [0.2, 0.25) is 0 Å². The third-order valence-corrected chi connectivity index (χ3v) is 5.25.